The summed E-state index contributed by atoms with van der Waals surface area (Å²) in [6, 6.07) is 8.23. The lowest BCUT2D eigenvalue weighted by molar-refractivity contribution is 0.288. The van der Waals surface area contributed by atoms with Crippen LogP contribution in [-0.4, -0.2) is 36.4 Å². The van der Waals surface area contributed by atoms with E-state index in [1.807, 2.05) is 6.92 Å². The lowest BCUT2D eigenvalue weighted by Gasteiger charge is -2.31. The molecule has 0 aliphatic heterocycles. The van der Waals surface area contributed by atoms with Crippen molar-refractivity contribution in [2.45, 2.75) is 38.3 Å². The molecule has 1 aliphatic rings. The first-order valence-corrected chi connectivity index (χ1v) is 11.9. The number of rotatable bonds is 5. The maximum Gasteiger partial charge on any atom is 0.264 e. The van der Waals surface area contributed by atoms with E-state index in [-0.39, 0.29) is 28.5 Å². The van der Waals surface area contributed by atoms with Gasteiger partial charge in [-0.3, -0.25) is 9.36 Å². The molecule has 9 nitrogen and oxygen atoms in total. The highest BCUT2D eigenvalue weighted by molar-refractivity contribution is 5.98. The van der Waals surface area contributed by atoms with Gasteiger partial charge in [-0.1, -0.05) is 6.07 Å². The molecule has 1 aliphatic carbocycles. The third kappa shape index (κ3) is 3.52. The van der Waals surface area contributed by atoms with Crippen molar-refractivity contribution in [1.82, 2.24) is 29.3 Å². The quantitative estimate of drug-likeness (QED) is 0.378. The molecule has 0 saturated heterocycles. The van der Waals surface area contributed by atoms with Crippen LogP contribution in [0.4, 0.5) is 14.6 Å². The first-order chi connectivity index (χ1) is 17.9. The zero-order chi connectivity index (χ0) is 25.8. The molecule has 0 bridgehead atoms. The Hall–Kier alpha value is -4.41. The lowest BCUT2D eigenvalue weighted by atomic mass is 9.92. The largest absolute Gasteiger partial charge is 0.494 e. The Morgan fingerprint density at radius 3 is 2.62 bits per heavy atom. The topological polar surface area (TPSA) is 114 Å². The minimum Gasteiger partial charge on any atom is -0.494 e. The van der Waals surface area contributed by atoms with Crippen molar-refractivity contribution in [3.63, 3.8) is 0 Å². The molecule has 1 fully saturated rings. The second-order valence-corrected chi connectivity index (χ2v) is 9.14. The van der Waals surface area contributed by atoms with Crippen molar-refractivity contribution in [2.24, 2.45) is 0 Å². The number of benzene rings is 2. The number of halogens is 2. The van der Waals surface area contributed by atoms with Gasteiger partial charge in [-0.05, 0) is 56.5 Å². The molecule has 3 aromatic heterocycles. The van der Waals surface area contributed by atoms with Crippen molar-refractivity contribution in [1.29, 1.82) is 0 Å². The van der Waals surface area contributed by atoms with Gasteiger partial charge in [0.25, 0.3) is 5.56 Å². The summed E-state index contributed by atoms with van der Waals surface area (Å²) in [5, 5.41) is 5.18. The van der Waals surface area contributed by atoms with E-state index in [0.29, 0.717) is 28.1 Å². The summed E-state index contributed by atoms with van der Waals surface area (Å²) in [7, 11) is 1.39. The van der Waals surface area contributed by atoms with Gasteiger partial charge in [0.15, 0.2) is 17.2 Å². The normalized spacial score (nSPS) is 14.7. The zero-order valence-electron chi connectivity index (χ0n) is 20.2. The molecule has 0 amide bonds. The summed E-state index contributed by atoms with van der Waals surface area (Å²) in [5.41, 5.74) is 7.32. The Kier molecular flexibility index (Phi) is 5.36. The fourth-order valence-electron chi connectivity index (χ4n) is 4.90. The highest BCUT2D eigenvalue weighted by atomic mass is 19.1. The number of anilines is 1. The first kappa shape index (κ1) is 23.0. The van der Waals surface area contributed by atoms with E-state index in [0.717, 1.165) is 19.3 Å². The third-order valence-electron chi connectivity index (χ3n) is 7.03. The van der Waals surface area contributed by atoms with E-state index >= 15 is 0 Å². The fraction of sp³-hybridized carbons (Fsp3) is 0.269. The monoisotopic (exact) mass is 503 g/mol. The molecule has 1 saturated carbocycles. The van der Waals surface area contributed by atoms with Crippen LogP contribution in [0.25, 0.3) is 33.2 Å². The standard InChI is InChI=1S/C26H23F2N7O2/c1-13(24-32-18-8-4-7-16(27)20(18)26(36)34(24)15-5-3-6-15)35-25-21(23(29)30-12-31-25)22(33-35)14-9-10-19(37-2)17(28)11-14/h4,7-13,15H,3,5-6H2,1-2H3,(H2,29,30,31)/t13-/m1/s1. The van der Waals surface area contributed by atoms with Crippen LogP contribution < -0.4 is 16.0 Å². The zero-order valence-corrected chi connectivity index (χ0v) is 20.2. The molecule has 0 unspecified atom stereocenters. The predicted octanol–water partition coefficient (Wildman–Crippen LogP) is 4.41. The van der Waals surface area contributed by atoms with Gasteiger partial charge in [0.05, 0.1) is 18.0 Å². The maximum atomic E-state index is 14.7. The Bertz CT molecular complexity index is 1740. The fourth-order valence-corrected chi connectivity index (χ4v) is 4.90. The number of nitrogen functional groups attached to an aromatic ring is 1. The highest BCUT2D eigenvalue weighted by Gasteiger charge is 2.30. The maximum absolute atomic E-state index is 14.7. The number of aromatic nitrogens is 6. The van der Waals surface area contributed by atoms with E-state index in [1.165, 1.54) is 37.7 Å². The summed E-state index contributed by atoms with van der Waals surface area (Å²) in [5.74, 6) is -0.442. The van der Waals surface area contributed by atoms with E-state index < -0.39 is 23.2 Å². The molecule has 188 valence electrons. The van der Waals surface area contributed by atoms with Crippen molar-refractivity contribution < 1.29 is 13.5 Å². The number of hydrogen-bond donors (Lipinski definition) is 1. The summed E-state index contributed by atoms with van der Waals surface area (Å²) in [6.07, 6.45) is 3.89. The van der Waals surface area contributed by atoms with Crippen molar-refractivity contribution in [3.05, 3.63) is 70.5 Å². The second-order valence-electron chi connectivity index (χ2n) is 9.14. The summed E-state index contributed by atoms with van der Waals surface area (Å²) >= 11 is 0. The van der Waals surface area contributed by atoms with Gasteiger partial charge in [-0.25, -0.2) is 28.4 Å². The van der Waals surface area contributed by atoms with Crippen LogP contribution in [0.1, 0.15) is 44.1 Å². The van der Waals surface area contributed by atoms with E-state index in [4.69, 9.17) is 20.6 Å². The summed E-state index contributed by atoms with van der Waals surface area (Å²) in [4.78, 5) is 26.8. The molecular formula is C26H23F2N7O2. The van der Waals surface area contributed by atoms with Gasteiger partial charge in [-0.15, -0.1) is 0 Å². The van der Waals surface area contributed by atoms with E-state index in [9.17, 15) is 13.6 Å². The van der Waals surface area contributed by atoms with Gasteiger partial charge in [-0.2, -0.15) is 5.10 Å². The van der Waals surface area contributed by atoms with Gasteiger partial charge in [0.2, 0.25) is 0 Å². The number of ether oxygens (including phenoxy) is 1. The molecule has 37 heavy (non-hydrogen) atoms. The number of nitrogens with zero attached hydrogens (tertiary/aromatic N) is 6. The van der Waals surface area contributed by atoms with Crippen LogP contribution in [-0.2, 0) is 0 Å². The SMILES string of the molecule is COc1ccc(-c2nn([C@H](C)c3nc4cccc(F)c4c(=O)n3C3CCC3)c3ncnc(N)c23)cc1F. The Balaban J connectivity index is 1.59. The Labute approximate surface area is 209 Å². The van der Waals surface area contributed by atoms with Crippen molar-refractivity contribution in [2.75, 3.05) is 12.8 Å². The second kappa shape index (κ2) is 8.61. The minimum atomic E-state index is -0.601. The molecule has 11 heteroatoms. The van der Waals surface area contributed by atoms with Crippen LogP contribution in [0, 0.1) is 11.6 Å². The molecular weight excluding hydrogens is 480 g/mol. The molecule has 3 heterocycles. The average molecular weight is 504 g/mol. The Morgan fingerprint density at radius 1 is 1.11 bits per heavy atom. The molecule has 0 spiro atoms. The molecule has 2 N–H and O–H groups in total. The predicted molar refractivity (Wildman–Crippen MR) is 134 cm³/mol. The third-order valence-corrected chi connectivity index (χ3v) is 7.03. The molecule has 1 atom stereocenters. The average Bonchev–Trinajstić information content (AvgIpc) is 3.25. The number of nitrogens with two attached hydrogens (primary N) is 1. The Morgan fingerprint density at radius 2 is 1.92 bits per heavy atom. The van der Waals surface area contributed by atoms with E-state index in [1.54, 1.807) is 21.4 Å². The van der Waals surface area contributed by atoms with Crippen LogP contribution in [0.2, 0.25) is 0 Å². The van der Waals surface area contributed by atoms with Gasteiger partial charge >= 0.3 is 0 Å². The van der Waals surface area contributed by atoms with Gasteiger partial charge in [0, 0.05) is 11.6 Å². The van der Waals surface area contributed by atoms with Crippen molar-refractivity contribution >= 4 is 27.8 Å². The number of methoxy groups -OCH3 is 1. The van der Waals surface area contributed by atoms with Crippen LogP contribution in [0.5, 0.6) is 5.75 Å². The minimum absolute atomic E-state index is 0.0309. The smallest absolute Gasteiger partial charge is 0.264 e. The lowest BCUT2D eigenvalue weighted by Crippen LogP contribution is -2.35. The number of hydrogen-bond acceptors (Lipinski definition) is 7. The van der Waals surface area contributed by atoms with Gasteiger partial charge in [0.1, 0.15) is 40.9 Å². The summed E-state index contributed by atoms with van der Waals surface area (Å²) < 4.78 is 37.5. The molecule has 6 rings (SSSR count). The van der Waals surface area contributed by atoms with E-state index in [2.05, 4.69) is 9.97 Å². The molecule has 2 aromatic carbocycles. The van der Waals surface area contributed by atoms with Crippen LogP contribution in [0.15, 0.2) is 47.5 Å². The van der Waals surface area contributed by atoms with Crippen LogP contribution >= 0.6 is 0 Å². The number of fused-ring (bicyclic) bond motifs is 2. The highest BCUT2D eigenvalue weighted by Crippen LogP contribution is 2.37. The molecule has 0 radical (unpaired) electrons. The van der Waals surface area contributed by atoms with Crippen LogP contribution in [0.3, 0.4) is 0 Å². The molecule has 5 aromatic rings. The summed E-state index contributed by atoms with van der Waals surface area (Å²) in [6.45, 7) is 1.84. The van der Waals surface area contributed by atoms with Gasteiger partial charge < -0.3 is 10.5 Å². The van der Waals surface area contributed by atoms with Crippen molar-refractivity contribution in [3.8, 4) is 17.0 Å². The first-order valence-electron chi connectivity index (χ1n) is 11.9.